The molecule has 106 valence electrons. The number of rotatable bonds is 6. The van der Waals surface area contributed by atoms with Gasteiger partial charge in [-0.15, -0.1) is 0 Å². The average Bonchev–Trinajstić information content (AvgIpc) is 2.45. The van der Waals surface area contributed by atoms with Crippen molar-refractivity contribution in [3.63, 3.8) is 0 Å². The lowest BCUT2D eigenvalue weighted by Crippen LogP contribution is -2.29. The first-order valence-corrected chi connectivity index (χ1v) is 7.76. The van der Waals surface area contributed by atoms with Crippen LogP contribution in [-0.4, -0.2) is 36.6 Å². The number of hydrogen-bond donors (Lipinski definition) is 1. The van der Waals surface area contributed by atoms with Gasteiger partial charge < -0.3 is 14.6 Å². The fourth-order valence-electron chi connectivity index (χ4n) is 3.01. The zero-order chi connectivity index (χ0) is 12.6. The highest BCUT2D eigenvalue weighted by molar-refractivity contribution is 4.68. The Balaban J connectivity index is 1.52. The summed E-state index contributed by atoms with van der Waals surface area (Å²) in [5, 5.41) is 9.86. The molecule has 0 heterocycles. The zero-order valence-electron chi connectivity index (χ0n) is 11.5. The molecule has 0 aliphatic heterocycles. The second-order valence-corrected chi connectivity index (χ2v) is 5.84. The summed E-state index contributed by atoms with van der Waals surface area (Å²) >= 11 is 0. The van der Waals surface area contributed by atoms with Crippen LogP contribution >= 0.6 is 0 Å². The van der Waals surface area contributed by atoms with Crippen LogP contribution in [0.5, 0.6) is 0 Å². The Bertz CT molecular complexity index is 186. The molecule has 2 aliphatic carbocycles. The van der Waals surface area contributed by atoms with Crippen molar-refractivity contribution < 1.29 is 14.6 Å². The molecular formula is C15H28O3. The fraction of sp³-hybridized carbons (Fsp3) is 1.00. The van der Waals surface area contributed by atoms with Crippen LogP contribution in [0.3, 0.4) is 0 Å². The summed E-state index contributed by atoms with van der Waals surface area (Å²) in [6.07, 6.45) is 12.7. The third kappa shape index (κ3) is 5.25. The van der Waals surface area contributed by atoms with E-state index in [0.717, 1.165) is 25.7 Å². The normalized spacial score (nSPS) is 23.7. The molecule has 0 radical (unpaired) electrons. The molecule has 1 N–H and O–H groups in total. The van der Waals surface area contributed by atoms with Gasteiger partial charge in [-0.3, -0.25) is 0 Å². The molecule has 2 fully saturated rings. The molecular weight excluding hydrogens is 228 g/mol. The van der Waals surface area contributed by atoms with Crippen LogP contribution in [0.4, 0.5) is 0 Å². The number of ether oxygens (including phenoxy) is 2. The van der Waals surface area contributed by atoms with Crippen molar-refractivity contribution in [1.82, 2.24) is 0 Å². The molecule has 0 bridgehead atoms. The van der Waals surface area contributed by atoms with Crippen LogP contribution in [-0.2, 0) is 9.47 Å². The zero-order valence-corrected chi connectivity index (χ0v) is 11.5. The highest BCUT2D eigenvalue weighted by Gasteiger charge is 2.18. The Kier molecular flexibility index (Phi) is 6.46. The maximum absolute atomic E-state index is 9.86. The van der Waals surface area contributed by atoms with Crippen molar-refractivity contribution in [2.75, 3.05) is 13.2 Å². The third-order valence-electron chi connectivity index (χ3n) is 4.15. The summed E-state index contributed by atoms with van der Waals surface area (Å²) in [6, 6.07) is 0. The first-order chi connectivity index (χ1) is 8.84. The van der Waals surface area contributed by atoms with Gasteiger partial charge in [0.05, 0.1) is 25.4 Å². The van der Waals surface area contributed by atoms with Gasteiger partial charge in [0.15, 0.2) is 0 Å². The molecule has 2 aliphatic rings. The monoisotopic (exact) mass is 256 g/mol. The minimum Gasteiger partial charge on any atom is -0.388 e. The van der Waals surface area contributed by atoms with Crippen LogP contribution in [0.1, 0.15) is 64.2 Å². The second kappa shape index (κ2) is 8.13. The number of hydrogen-bond acceptors (Lipinski definition) is 3. The Morgan fingerprint density at radius 3 is 1.50 bits per heavy atom. The van der Waals surface area contributed by atoms with Gasteiger partial charge in [0.2, 0.25) is 0 Å². The molecule has 0 unspecified atom stereocenters. The first kappa shape index (κ1) is 14.3. The van der Waals surface area contributed by atoms with Crippen LogP contribution in [0.2, 0.25) is 0 Å². The average molecular weight is 256 g/mol. The molecule has 2 saturated carbocycles. The molecule has 0 saturated heterocycles. The van der Waals surface area contributed by atoms with E-state index in [9.17, 15) is 5.11 Å². The summed E-state index contributed by atoms with van der Waals surface area (Å²) in [4.78, 5) is 0. The van der Waals surface area contributed by atoms with E-state index in [4.69, 9.17) is 9.47 Å². The van der Waals surface area contributed by atoms with E-state index in [2.05, 4.69) is 0 Å². The lowest BCUT2D eigenvalue weighted by Gasteiger charge is -2.25. The maximum atomic E-state index is 9.86. The van der Waals surface area contributed by atoms with Crippen molar-refractivity contribution in [2.45, 2.75) is 82.5 Å². The van der Waals surface area contributed by atoms with Gasteiger partial charge in [-0.2, -0.15) is 0 Å². The van der Waals surface area contributed by atoms with Gasteiger partial charge in [0, 0.05) is 0 Å². The highest BCUT2D eigenvalue weighted by Crippen LogP contribution is 2.21. The van der Waals surface area contributed by atoms with Crippen molar-refractivity contribution in [3.8, 4) is 0 Å². The molecule has 3 heteroatoms. The van der Waals surface area contributed by atoms with Gasteiger partial charge in [-0.05, 0) is 25.7 Å². The van der Waals surface area contributed by atoms with Gasteiger partial charge in [-0.25, -0.2) is 0 Å². The van der Waals surface area contributed by atoms with Crippen LogP contribution < -0.4 is 0 Å². The SMILES string of the molecule is OC(COC1CCCCC1)COC1CCCCC1. The maximum Gasteiger partial charge on any atom is 0.101 e. The third-order valence-corrected chi connectivity index (χ3v) is 4.15. The van der Waals surface area contributed by atoms with E-state index in [-0.39, 0.29) is 0 Å². The molecule has 2 rings (SSSR count). The van der Waals surface area contributed by atoms with E-state index in [0.29, 0.717) is 25.4 Å². The van der Waals surface area contributed by atoms with Crippen molar-refractivity contribution in [1.29, 1.82) is 0 Å². The molecule has 0 aromatic carbocycles. The summed E-state index contributed by atoms with van der Waals surface area (Å²) in [5.74, 6) is 0. The molecule has 3 nitrogen and oxygen atoms in total. The Morgan fingerprint density at radius 2 is 1.11 bits per heavy atom. The van der Waals surface area contributed by atoms with Gasteiger partial charge in [0.25, 0.3) is 0 Å². The van der Waals surface area contributed by atoms with Gasteiger partial charge >= 0.3 is 0 Å². The summed E-state index contributed by atoms with van der Waals surface area (Å²) < 4.78 is 11.5. The van der Waals surface area contributed by atoms with Crippen molar-refractivity contribution in [3.05, 3.63) is 0 Å². The second-order valence-electron chi connectivity index (χ2n) is 5.84. The van der Waals surface area contributed by atoms with Crippen LogP contribution in [0.25, 0.3) is 0 Å². The van der Waals surface area contributed by atoms with Crippen molar-refractivity contribution in [2.24, 2.45) is 0 Å². The summed E-state index contributed by atoms with van der Waals surface area (Å²) in [6.45, 7) is 0.884. The summed E-state index contributed by atoms with van der Waals surface area (Å²) in [7, 11) is 0. The minimum absolute atomic E-state index is 0.378. The minimum atomic E-state index is -0.450. The smallest absolute Gasteiger partial charge is 0.101 e. The van der Waals surface area contributed by atoms with E-state index in [1.54, 1.807) is 0 Å². The number of aliphatic hydroxyl groups is 1. The summed E-state index contributed by atoms with van der Waals surface area (Å²) in [5.41, 5.74) is 0. The van der Waals surface area contributed by atoms with Crippen molar-refractivity contribution >= 4 is 0 Å². The predicted molar refractivity (Wildman–Crippen MR) is 71.7 cm³/mol. The molecule has 18 heavy (non-hydrogen) atoms. The molecule has 0 aromatic heterocycles. The van der Waals surface area contributed by atoms with E-state index in [1.165, 1.54) is 38.5 Å². The van der Waals surface area contributed by atoms with E-state index < -0.39 is 6.10 Å². The van der Waals surface area contributed by atoms with E-state index in [1.807, 2.05) is 0 Å². The largest absolute Gasteiger partial charge is 0.388 e. The predicted octanol–water partition coefficient (Wildman–Crippen LogP) is 3.05. The Morgan fingerprint density at radius 1 is 0.722 bits per heavy atom. The van der Waals surface area contributed by atoms with Crippen LogP contribution in [0.15, 0.2) is 0 Å². The van der Waals surface area contributed by atoms with Crippen LogP contribution in [0, 0.1) is 0 Å². The van der Waals surface area contributed by atoms with E-state index >= 15 is 0 Å². The highest BCUT2D eigenvalue weighted by atomic mass is 16.5. The molecule has 0 spiro atoms. The standard InChI is InChI=1S/C15H28O3/c16-13(11-17-14-7-3-1-4-8-14)12-18-15-9-5-2-6-10-15/h13-16H,1-12H2. The Hall–Kier alpha value is -0.120. The van der Waals surface area contributed by atoms with Gasteiger partial charge in [-0.1, -0.05) is 38.5 Å². The first-order valence-electron chi connectivity index (χ1n) is 7.76. The molecule has 0 atom stereocenters. The number of aliphatic hydroxyl groups excluding tert-OH is 1. The Labute approximate surface area is 111 Å². The lowest BCUT2D eigenvalue weighted by molar-refractivity contribution is -0.0731. The molecule has 0 amide bonds. The van der Waals surface area contributed by atoms with Gasteiger partial charge in [0.1, 0.15) is 6.10 Å². The lowest BCUT2D eigenvalue weighted by atomic mass is 9.98. The topological polar surface area (TPSA) is 38.7 Å². The quantitative estimate of drug-likeness (QED) is 0.794. The fourth-order valence-corrected chi connectivity index (χ4v) is 3.01. The molecule has 0 aromatic rings.